The maximum absolute atomic E-state index is 11.1. The normalized spacial score (nSPS) is 14.1. The lowest BCUT2D eigenvalue weighted by Crippen LogP contribution is -2.31. The zero-order chi connectivity index (χ0) is 11.4. The van der Waals surface area contributed by atoms with Gasteiger partial charge in [0.15, 0.2) is 11.5 Å². The predicted octanol–water partition coefficient (Wildman–Crippen LogP) is 0.380. The van der Waals surface area contributed by atoms with Gasteiger partial charge in [-0.3, -0.25) is 10.2 Å². The van der Waals surface area contributed by atoms with E-state index in [1.54, 1.807) is 0 Å². The number of hydrogen-bond donors (Lipinski definition) is 2. The molecular formula is C11H14N2O3. The average molecular weight is 222 g/mol. The van der Waals surface area contributed by atoms with Gasteiger partial charge in [0.05, 0.1) is 19.6 Å². The van der Waals surface area contributed by atoms with E-state index in [4.69, 9.17) is 15.3 Å². The molecule has 0 aromatic heterocycles. The Morgan fingerprint density at radius 1 is 1.31 bits per heavy atom. The lowest BCUT2D eigenvalue weighted by molar-refractivity contribution is -0.120. The summed E-state index contributed by atoms with van der Waals surface area (Å²) in [7, 11) is 0. The first-order chi connectivity index (χ1) is 7.79. The Morgan fingerprint density at radius 3 is 2.81 bits per heavy atom. The molecule has 1 heterocycles. The molecule has 1 aromatic rings. The second-order valence-electron chi connectivity index (χ2n) is 3.58. The minimum absolute atomic E-state index is 0.227. The molecular weight excluding hydrogens is 208 g/mol. The number of nitrogens with one attached hydrogen (secondary N) is 1. The van der Waals surface area contributed by atoms with Gasteiger partial charge in [0, 0.05) is 6.42 Å². The van der Waals surface area contributed by atoms with Crippen LogP contribution in [0, 0.1) is 0 Å². The van der Waals surface area contributed by atoms with Gasteiger partial charge in [0.25, 0.3) is 0 Å². The molecule has 0 atom stereocenters. The SMILES string of the molecule is NNC(=O)Cc1ccc2c(c1)OCCCO2. The zero-order valence-electron chi connectivity index (χ0n) is 8.86. The minimum atomic E-state index is -0.227. The number of rotatable bonds is 2. The van der Waals surface area contributed by atoms with Gasteiger partial charge in [0.2, 0.25) is 5.91 Å². The lowest BCUT2D eigenvalue weighted by Gasteiger charge is -2.08. The molecule has 1 amide bonds. The molecule has 5 nitrogen and oxygen atoms in total. The summed E-state index contributed by atoms with van der Waals surface area (Å²) in [5.41, 5.74) is 2.95. The summed E-state index contributed by atoms with van der Waals surface area (Å²) >= 11 is 0. The zero-order valence-corrected chi connectivity index (χ0v) is 8.86. The molecule has 0 spiro atoms. The van der Waals surface area contributed by atoms with Gasteiger partial charge in [-0.2, -0.15) is 0 Å². The molecule has 1 aromatic carbocycles. The monoisotopic (exact) mass is 222 g/mol. The smallest absolute Gasteiger partial charge is 0.238 e. The number of hydrogen-bond acceptors (Lipinski definition) is 4. The first kappa shape index (κ1) is 10.8. The highest BCUT2D eigenvalue weighted by Crippen LogP contribution is 2.30. The summed E-state index contributed by atoms with van der Waals surface area (Å²) in [4.78, 5) is 11.1. The first-order valence-electron chi connectivity index (χ1n) is 5.17. The number of carbonyl (C=O) groups is 1. The van der Waals surface area contributed by atoms with E-state index in [0.29, 0.717) is 19.0 Å². The highest BCUT2D eigenvalue weighted by Gasteiger charge is 2.11. The third-order valence-electron chi connectivity index (χ3n) is 2.34. The standard InChI is InChI=1S/C11H14N2O3/c12-13-11(14)7-8-2-3-9-10(6-8)16-5-1-4-15-9/h2-3,6H,1,4-5,7,12H2,(H,13,14). The van der Waals surface area contributed by atoms with Crippen LogP contribution in [-0.4, -0.2) is 19.1 Å². The molecule has 3 N–H and O–H groups in total. The van der Waals surface area contributed by atoms with Crippen LogP contribution < -0.4 is 20.7 Å². The van der Waals surface area contributed by atoms with Crippen molar-refractivity contribution >= 4 is 5.91 Å². The number of amides is 1. The quantitative estimate of drug-likeness (QED) is 0.431. The van der Waals surface area contributed by atoms with Crippen LogP contribution in [-0.2, 0) is 11.2 Å². The van der Waals surface area contributed by atoms with E-state index < -0.39 is 0 Å². The Bertz CT molecular complexity index is 393. The predicted molar refractivity (Wildman–Crippen MR) is 58.1 cm³/mol. The lowest BCUT2D eigenvalue weighted by atomic mass is 10.1. The Morgan fingerprint density at radius 2 is 2.06 bits per heavy atom. The van der Waals surface area contributed by atoms with Gasteiger partial charge in [0.1, 0.15) is 0 Å². The third-order valence-corrected chi connectivity index (χ3v) is 2.34. The van der Waals surface area contributed by atoms with Crippen molar-refractivity contribution in [1.82, 2.24) is 5.43 Å². The molecule has 0 radical (unpaired) electrons. The van der Waals surface area contributed by atoms with Crippen LogP contribution in [0.15, 0.2) is 18.2 Å². The molecule has 5 heteroatoms. The fourth-order valence-electron chi connectivity index (χ4n) is 1.55. The number of hydrazine groups is 1. The van der Waals surface area contributed by atoms with Gasteiger partial charge < -0.3 is 9.47 Å². The fourth-order valence-corrected chi connectivity index (χ4v) is 1.55. The molecule has 1 aliphatic rings. The van der Waals surface area contributed by atoms with Crippen LogP contribution in [0.3, 0.4) is 0 Å². The summed E-state index contributed by atoms with van der Waals surface area (Å²) < 4.78 is 11.0. The topological polar surface area (TPSA) is 73.6 Å². The van der Waals surface area contributed by atoms with E-state index in [1.165, 1.54) is 0 Å². The van der Waals surface area contributed by atoms with Crippen molar-refractivity contribution in [2.24, 2.45) is 5.84 Å². The van der Waals surface area contributed by atoms with Crippen molar-refractivity contribution in [1.29, 1.82) is 0 Å². The molecule has 16 heavy (non-hydrogen) atoms. The van der Waals surface area contributed by atoms with E-state index in [9.17, 15) is 4.79 Å². The highest BCUT2D eigenvalue weighted by atomic mass is 16.5. The van der Waals surface area contributed by atoms with E-state index in [0.717, 1.165) is 17.7 Å². The van der Waals surface area contributed by atoms with Gasteiger partial charge in [-0.15, -0.1) is 0 Å². The van der Waals surface area contributed by atoms with E-state index in [2.05, 4.69) is 5.43 Å². The molecule has 0 bridgehead atoms. The Hall–Kier alpha value is -1.75. The number of ether oxygens (including phenoxy) is 2. The summed E-state index contributed by atoms with van der Waals surface area (Å²) in [6.07, 6.45) is 1.11. The van der Waals surface area contributed by atoms with E-state index in [-0.39, 0.29) is 12.3 Å². The molecule has 0 aliphatic carbocycles. The van der Waals surface area contributed by atoms with Crippen LogP contribution in [0.2, 0.25) is 0 Å². The third kappa shape index (κ3) is 2.43. The summed E-state index contributed by atoms with van der Waals surface area (Å²) in [5.74, 6) is 6.23. The highest BCUT2D eigenvalue weighted by molar-refractivity contribution is 5.78. The summed E-state index contributed by atoms with van der Waals surface area (Å²) in [6, 6.07) is 5.47. The van der Waals surface area contributed by atoms with E-state index in [1.807, 2.05) is 18.2 Å². The van der Waals surface area contributed by atoms with Crippen molar-refractivity contribution in [2.45, 2.75) is 12.8 Å². The Kier molecular flexibility index (Phi) is 3.26. The first-order valence-corrected chi connectivity index (χ1v) is 5.17. The van der Waals surface area contributed by atoms with Crippen molar-refractivity contribution in [3.63, 3.8) is 0 Å². The maximum Gasteiger partial charge on any atom is 0.238 e. The number of carbonyl (C=O) groups excluding carboxylic acids is 1. The van der Waals surface area contributed by atoms with Crippen molar-refractivity contribution in [3.8, 4) is 11.5 Å². The van der Waals surface area contributed by atoms with Crippen molar-refractivity contribution < 1.29 is 14.3 Å². The second kappa shape index (κ2) is 4.85. The molecule has 0 unspecified atom stereocenters. The molecule has 1 aliphatic heterocycles. The summed E-state index contributed by atoms with van der Waals surface area (Å²) in [6.45, 7) is 1.30. The number of nitrogens with two attached hydrogens (primary N) is 1. The largest absolute Gasteiger partial charge is 0.490 e. The maximum atomic E-state index is 11.1. The van der Waals surface area contributed by atoms with Crippen LogP contribution >= 0.6 is 0 Å². The molecule has 2 rings (SSSR count). The van der Waals surface area contributed by atoms with Gasteiger partial charge in [-0.1, -0.05) is 6.07 Å². The van der Waals surface area contributed by atoms with Crippen molar-refractivity contribution in [2.75, 3.05) is 13.2 Å². The minimum Gasteiger partial charge on any atom is -0.490 e. The number of benzene rings is 1. The molecule has 0 fully saturated rings. The van der Waals surface area contributed by atoms with Crippen LogP contribution in [0.5, 0.6) is 11.5 Å². The molecule has 0 saturated carbocycles. The summed E-state index contributed by atoms with van der Waals surface area (Å²) in [5, 5.41) is 0. The van der Waals surface area contributed by atoms with Gasteiger partial charge in [-0.25, -0.2) is 5.84 Å². The molecule has 0 saturated heterocycles. The van der Waals surface area contributed by atoms with E-state index >= 15 is 0 Å². The fraction of sp³-hybridized carbons (Fsp3) is 0.364. The number of fused-ring (bicyclic) bond motifs is 1. The van der Waals surface area contributed by atoms with Gasteiger partial charge >= 0.3 is 0 Å². The van der Waals surface area contributed by atoms with Crippen LogP contribution in [0.25, 0.3) is 0 Å². The van der Waals surface area contributed by atoms with Crippen LogP contribution in [0.4, 0.5) is 0 Å². The van der Waals surface area contributed by atoms with Crippen molar-refractivity contribution in [3.05, 3.63) is 23.8 Å². The second-order valence-corrected chi connectivity index (χ2v) is 3.58. The Labute approximate surface area is 93.5 Å². The average Bonchev–Trinajstić information content (AvgIpc) is 2.53. The Balaban J connectivity index is 2.17. The van der Waals surface area contributed by atoms with Crippen LogP contribution in [0.1, 0.15) is 12.0 Å². The van der Waals surface area contributed by atoms with Gasteiger partial charge in [-0.05, 0) is 17.7 Å². The molecule has 86 valence electrons.